The number of carbonyl (C=O) groups is 2. The SMILES string of the molecule is CCC1C(=O)NC(CC(C)C)C(=O)N1CC1(C(C)C)CC1. The van der Waals surface area contributed by atoms with E-state index in [2.05, 4.69) is 33.0 Å². The van der Waals surface area contributed by atoms with Crippen LogP contribution in [0.1, 0.15) is 60.3 Å². The normalized spacial score (nSPS) is 28.2. The van der Waals surface area contributed by atoms with Gasteiger partial charge >= 0.3 is 0 Å². The molecule has 1 aliphatic carbocycles. The van der Waals surface area contributed by atoms with E-state index in [-0.39, 0.29) is 29.3 Å². The molecule has 2 amide bonds. The zero-order chi connectivity index (χ0) is 15.8. The van der Waals surface area contributed by atoms with Gasteiger partial charge in [-0.05, 0) is 42.9 Å². The van der Waals surface area contributed by atoms with Crippen molar-refractivity contribution < 1.29 is 9.59 Å². The highest BCUT2D eigenvalue weighted by Gasteiger charge is 2.50. The fourth-order valence-corrected chi connectivity index (χ4v) is 3.47. The van der Waals surface area contributed by atoms with Crippen LogP contribution in [0, 0.1) is 17.3 Å². The van der Waals surface area contributed by atoms with Crippen molar-refractivity contribution in [1.82, 2.24) is 10.2 Å². The Kier molecular flexibility index (Phi) is 4.64. The van der Waals surface area contributed by atoms with Gasteiger partial charge in [-0.2, -0.15) is 0 Å². The van der Waals surface area contributed by atoms with Crippen molar-refractivity contribution in [2.45, 2.75) is 72.4 Å². The van der Waals surface area contributed by atoms with Gasteiger partial charge in [-0.25, -0.2) is 0 Å². The molecule has 0 aromatic heterocycles. The van der Waals surface area contributed by atoms with Crippen molar-refractivity contribution in [2.24, 2.45) is 17.3 Å². The summed E-state index contributed by atoms with van der Waals surface area (Å²) in [6.45, 7) is 11.4. The molecule has 21 heavy (non-hydrogen) atoms. The molecule has 0 aromatic rings. The summed E-state index contributed by atoms with van der Waals surface area (Å²) in [7, 11) is 0. The molecule has 4 heteroatoms. The van der Waals surface area contributed by atoms with Crippen molar-refractivity contribution in [1.29, 1.82) is 0 Å². The Morgan fingerprint density at radius 2 is 1.86 bits per heavy atom. The third-order valence-corrected chi connectivity index (χ3v) is 5.27. The molecule has 2 fully saturated rings. The second-order valence-corrected chi connectivity index (χ2v) is 7.60. The standard InChI is InChI=1S/C17H30N2O2/c1-6-14-15(20)18-13(9-11(2)3)16(21)19(14)10-17(7-8-17)12(4)5/h11-14H,6-10H2,1-5H3,(H,18,20). The summed E-state index contributed by atoms with van der Waals surface area (Å²) in [6.07, 6.45) is 3.79. The average Bonchev–Trinajstić information content (AvgIpc) is 3.16. The van der Waals surface area contributed by atoms with Crippen LogP contribution < -0.4 is 5.32 Å². The molecule has 2 atom stereocenters. The maximum Gasteiger partial charge on any atom is 0.245 e. The van der Waals surface area contributed by atoms with Crippen molar-refractivity contribution in [3.8, 4) is 0 Å². The van der Waals surface area contributed by atoms with Gasteiger partial charge in [0.1, 0.15) is 12.1 Å². The van der Waals surface area contributed by atoms with Crippen molar-refractivity contribution in [3.63, 3.8) is 0 Å². The number of amides is 2. The van der Waals surface area contributed by atoms with E-state index in [1.54, 1.807) is 0 Å². The Morgan fingerprint density at radius 1 is 1.24 bits per heavy atom. The third-order valence-electron chi connectivity index (χ3n) is 5.27. The minimum Gasteiger partial charge on any atom is -0.342 e. The van der Waals surface area contributed by atoms with E-state index in [0.29, 0.717) is 18.3 Å². The summed E-state index contributed by atoms with van der Waals surface area (Å²) in [4.78, 5) is 27.0. The molecule has 1 N–H and O–H groups in total. The van der Waals surface area contributed by atoms with Crippen LogP contribution in [0.3, 0.4) is 0 Å². The number of rotatable bonds is 6. The van der Waals surface area contributed by atoms with Gasteiger partial charge in [-0.15, -0.1) is 0 Å². The van der Waals surface area contributed by atoms with Crippen LogP contribution in [0.5, 0.6) is 0 Å². The van der Waals surface area contributed by atoms with Gasteiger partial charge in [0, 0.05) is 6.54 Å². The fourth-order valence-electron chi connectivity index (χ4n) is 3.47. The molecule has 4 nitrogen and oxygen atoms in total. The molecule has 2 aliphatic rings. The van der Waals surface area contributed by atoms with E-state index < -0.39 is 0 Å². The highest BCUT2D eigenvalue weighted by molar-refractivity contribution is 5.97. The van der Waals surface area contributed by atoms with Gasteiger partial charge in [-0.3, -0.25) is 9.59 Å². The summed E-state index contributed by atoms with van der Waals surface area (Å²) in [6, 6.07) is -0.611. The summed E-state index contributed by atoms with van der Waals surface area (Å²) in [5, 5.41) is 2.93. The topological polar surface area (TPSA) is 49.4 Å². The Hall–Kier alpha value is -1.06. The van der Waals surface area contributed by atoms with E-state index in [0.717, 1.165) is 13.0 Å². The lowest BCUT2D eigenvalue weighted by Crippen LogP contribution is -2.64. The molecular weight excluding hydrogens is 264 g/mol. The Balaban J connectivity index is 2.17. The molecular formula is C17H30N2O2. The molecule has 0 bridgehead atoms. The van der Waals surface area contributed by atoms with Crippen LogP contribution in [0.15, 0.2) is 0 Å². The van der Waals surface area contributed by atoms with Gasteiger partial charge in [0.05, 0.1) is 0 Å². The first-order valence-corrected chi connectivity index (χ1v) is 8.41. The van der Waals surface area contributed by atoms with Gasteiger partial charge in [-0.1, -0.05) is 34.6 Å². The van der Waals surface area contributed by atoms with Crippen molar-refractivity contribution in [2.75, 3.05) is 6.54 Å². The van der Waals surface area contributed by atoms with E-state index in [1.807, 2.05) is 11.8 Å². The second-order valence-electron chi connectivity index (χ2n) is 7.60. The molecule has 0 aromatic carbocycles. The molecule has 1 heterocycles. The average molecular weight is 294 g/mol. The molecule has 2 unspecified atom stereocenters. The van der Waals surface area contributed by atoms with Crippen molar-refractivity contribution >= 4 is 11.8 Å². The van der Waals surface area contributed by atoms with E-state index in [1.165, 1.54) is 12.8 Å². The van der Waals surface area contributed by atoms with Crippen LogP contribution in [0.4, 0.5) is 0 Å². The first-order valence-electron chi connectivity index (χ1n) is 8.41. The number of hydrogen-bond acceptors (Lipinski definition) is 2. The monoisotopic (exact) mass is 294 g/mol. The second kappa shape index (κ2) is 5.98. The molecule has 1 saturated heterocycles. The van der Waals surface area contributed by atoms with Gasteiger partial charge in [0.25, 0.3) is 0 Å². The number of piperazine rings is 1. The Bertz CT molecular complexity index is 413. The highest BCUT2D eigenvalue weighted by atomic mass is 16.2. The molecule has 0 radical (unpaired) electrons. The number of nitrogens with zero attached hydrogens (tertiary/aromatic N) is 1. The van der Waals surface area contributed by atoms with Crippen LogP contribution in [-0.2, 0) is 9.59 Å². The first kappa shape index (κ1) is 16.3. The van der Waals surface area contributed by atoms with Crippen LogP contribution >= 0.6 is 0 Å². The van der Waals surface area contributed by atoms with Crippen molar-refractivity contribution in [3.05, 3.63) is 0 Å². The Morgan fingerprint density at radius 3 is 2.29 bits per heavy atom. The first-order chi connectivity index (χ1) is 9.80. The highest BCUT2D eigenvalue weighted by Crippen LogP contribution is 2.52. The molecule has 120 valence electrons. The van der Waals surface area contributed by atoms with Gasteiger partial charge in [0.15, 0.2) is 0 Å². The number of carbonyl (C=O) groups excluding carboxylic acids is 2. The van der Waals surface area contributed by atoms with Crippen LogP contribution in [0.25, 0.3) is 0 Å². The molecule has 0 spiro atoms. The maximum absolute atomic E-state index is 12.8. The minimum absolute atomic E-state index is 0.0299. The van der Waals surface area contributed by atoms with Gasteiger partial charge < -0.3 is 10.2 Å². The maximum atomic E-state index is 12.8. The lowest BCUT2D eigenvalue weighted by atomic mass is 9.89. The molecule has 1 saturated carbocycles. The zero-order valence-corrected chi connectivity index (χ0v) is 14.1. The summed E-state index contributed by atoms with van der Waals surface area (Å²) >= 11 is 0. The van der Waals surface area contributed by atoms with Crippen LogP contribution in [0.2, 0.25) is 0 Å². The molecule has 1 aliphatic heterocycles. The van der Waals surface area contributed by atoms with Crippen LogP contribution in [-0.4, -0.2) is 35.3 Å². The number of nitrogens with one attached hydrogen (secondary N) is 1. The molecule has 2 rings (SSSR count). The lowest BCUT2D eigenvalue weighted by Gasteiger charge is -2.41. The largest absolute Gasteiger partial charge is 0.342 e. The number of hydrogen-bond donors (Lipinski definition) is 1. The quantitative estimate of drug-likeness (QED) is 0.818. The van der Waals surface area contributed by atoms with Gasteiger partial charge in [0.2, 0.25) is 11.8 Å². The smallest absolute Gasteiger partial charge is 0.245 e. The van der Waals surface area contributed by atoms with E-state index in [9.17, 15) is 9.59 Å². The Labute approximate surface area is 128 Å². The predicted molar refractivity (Wildman–Crippen MR) is 83.7 cm³/mol. The fraction of sp³-hybridized carbons (Fsp3) is 0.882. The summed E-state index contributed by atoms with van der Waals surface area (Å²) in [5.41, 5.74) is 0.253. The lowest BCUT2D eigenvalue weighted by molar-refractivity contribution is -0.151. The van der Waals surface area contributed by atoms with E-state index in [4.69, 9.17) is 0 Å². The zero-order valence-electron chi connectivity index (χ0n) is 14.1. The van der Waals surface area contributed by atoms with E-state index >= 15 is 0 Å². The third kappa shape index (κ3) is 3.24. The minimum atomic E-state index is -0.330. The summed E-state index contributed by atoms with van der Waals surface area (Å²) in [5.74, 6) is 1.12. The predicted octanol–water partition coefficient (Wildman–Crippen LogP) is 2.57. The summed E-state index contributed by atoms with van der Waals surface area (Å²) < 4.78 is 0.